The molecule has 1 aliphatic rings. The zero-order valence-corrected chi connectivity index (χ0v) is 15.0. The van der Waals surface area contributed by atoms with Crippen LogP contribution in [0.1, 0.15) is 38.7 Å². The summed E-state index contributed by atoms with van der Waals surface area (Å²) in [6, 6.07) is 5.58. The van der Waals surface area contributed by atoms with E-state index in [4.69, 9.17) is 23.2 Å². The Hall–Kier alpha value is -1.10. The average Bonchev–Trinajstić information content (AvgIpc) is 3.07. The minimum Gasteiger partial charge on any atom is -0.387 e. The number of benzene rings is 1. The van der Waals surface area contributed by atoms with Crippen molar-refractivity contribution in [2.75, 3.05) is 0 Å². The molecule has 23 heavy (non-hydrogen) atoms. The first-order valence-electron chi connectivity index (χ1n) is 7.72. The van der Waals surface area contributed by atoms with Gasteiger partial charge in [0.15, 0.2) is 0 Å². The smallest absolute Gasteiger partial charge is 0.137 e. The molecular weight excluding hydrogens is 333 g/mol. The van der Waals surface area contributed by atoms with Crippen LogP contribution in [0.2, 0.25) is 10.0 Å². The molecule has 0 bridgehead atoms. The molecule has 0 saturated heterocycles. The monoisotopic (exact) mass is 353 g/mol. The lowest BCUT2D eigenvalue weighted by molar-refractivity contribution is -0.0932. The highest BCUT2D eigenvalue weighted by Crippen LogP contribution is 2.59. The van der Waals surface area contributed by atoms with Crippen LogP contribution in [-0.4, -0.2) is 25.5 Å². The summed E-state index contributed by atoms with van der Waals surface area (Å²) < 4.78 is 1.70. The van der Waals surface area contributed by atoms with Crippen molar-refractivity contribution in [1.82, 2.24) is 14.8 Å². The van der Waals surface area contributed by atoms with E-state index in [9.17, 15) is 5.11 Å². The quantitative estimate of drug-likeness (QED) is 0.897. The van der Waals surface area contributed by atoms with E-state index in [1.807, 2.05) is 12.1 Å². The van der Waals surface area contributed by atoms with Crippen molar-refractivity contribution in [3.8, 4) is 0 Å². The van der Waals surface area contributed by atoms with Crippen LogP contribution in [0.25, 0.3) is 0 Å². The fraction of sp³-hybridized carbons (Fsp3) is 0.529. The van der Waals surface area contributed by atoms with Crippen molar-refractivity contribution in [3.05, 3.63) is 46.5 Å². The normalized spacial score (nSPS) is 23.6. The van der Waals surface area contributed by atoms with Crippen LogP contribution in [-0.2, 0) is 6.54 Å². The second-order valence-corrected chi connectivity index (χ2v) is 8.23. The standard InChI is InChI=1S/C17H21Cl2N3O/c1-16(2,3)17(23,8-22-10-20-9-21-22)14-7-13(14)12-5-4-11(18)6-15(12)19/h4-6,9-10,13-14,23H,7-8H2,1-3H3. The van der Waals surface area contributed by atoms with Gasteiger partial charge in [0, 0.05) is 10.0 Å². The number of aliphatic hydroxyl groups is 1. The summed E-state index contributed by atoms with van der Waals surface area (Å²) in [5, 5.41) is 16.9. The third kappa shape index (κ3) is 3.12. The van der Waals surface area contributed by atoms with Gasteiger partial charge in [0.1, 0.15) is 12.7 Å². The Kier molecular flexibility index (Phi) is 4.20. The number of hydrogen-bond acceptors (Lipinski definition) is 3. The third-order valence-corrected chi connectivity index (χ3v) is 5.50. The van der Waals surface area contributed by atoms with Gasteiger partial charge >= 0.3 is 0 Å². The Morgan fingerprint density at radius 1 is 1.30 bits per heavy atom. The number of halogens is 2. The second kappa shape index (κ2) is 5.76. The van der Waals surface area contributed by atoms with Crippen LogP contribution in [0.3, 0.4) is 0 Å². The van der Waals surface area contributed by atoms with Crippen LogP contribution in [0, 0.1) is 11.3 Å². The van der Waals surface area contributed by atoms with Crippen molar-refractivity contribution in [2.24, 2.45) is 11.3 Å². The number of aromatic nitrogens is 3. The average molecular weight is 354 g/mol. The molecule has 3 rings (SSSR count). The minimum absolute atomic E-state index is 0.130. The lowest BCUT2D eigenvalue weighted by Gasteiger charge is -2.41. The Labute approximate surface area is 146 Å². The van der Waals surface area contributed by atoms with E-state index < -0.39 is 5.60 Å². The fourth-order valence-corrected chi connectivity index (χ4v) is 3.89. The summed E-state index contributed by atoms with van der Waals surface area (Å²) in [6.07, 6.45) is 4.04. The molecule has 1 fully saturated rings. The van der Waals surface area contributed by atoms with Crippen LogP contribution in [0.4, 0.5) is 0 Å². The predicted molar refractivity (Wildman–Crippen MR) is 91.7 cm³/mol. The van der Waals surface area contributed by atoms with Crippen molar-refractivity contribution < 1.29 is 5.11 Å². The zero-order chi connectivity index (χ0) is 16.8. The minimum atomic E-state index is -0.895. The number of rotatable bonds is 4. The third-order valence-electron chi connectivity index (χ3n) is 4.93. The maximum Gasteiger partial charge on any atom is 0.137 e. The molecule has 0 radical (unpaired) electrons. The second-order valence-electron chi connectivity index (χ2n) is 7.38. The molecule has 4 nitrogen and oxygen atoms in total. The summed E-state index contributed by atoms with van der Waals surface area (Å²) in [7, 11) is 0. The van der Waals surface area contributed by atoms with Gasteiger partial charge in [0.25, 0.3) is 0 Å². The molecule has 1 N–H and O–H groups in total. The van der Waals surface area contributed by atoms with Gasteiger partial charge in [-0.05, 0) is 41.4 Å². The molecule has 1 saturated carbocycles. The molecule has 1 aromatic carbocycles. The highest BCUT2D eigenvalue weighted by molar-refractivity contribution is 6.35. The van der Waals surface area contributed by atoms with Crippen LogP contribution in [0.5, 0.6) is 0 Å². The highest BCUT2D eigenvalue weighted by Gasteiger charge is 2.58. The molecule has 0 spiro atoms. The van der Waals surface area contributed by atoms with E-state index in [0.717, 1.165) is 12.0 Å². The first kappa shape index (κ1) is 16.7. The topological polar surface area (TPSA) is 50.9 Å². The summed E-state index contributed by atoms with van der Waals surface area (Å²) in [5.74, 6) is 0.373. The largest absolute Gasteiger partial charge is 0.387 e. The number of hydrogen-bond donors (Lipinski definition) is 1. The van der Waals surface area contributed by atoms with Crippen molar-refractivity contribution in [2.45, 2.75) is 45.3 Å². The number of nitrogens with zero attached hydrogens (tertiary/aromatic N) is 3. The van der Waals surface area contributed by atoms with Gasteiger partial charge in [-0.15, -0.1) is 0 Å². The predicted octanol–water partition coefficient (Wildman–Crippen LogP) is 4.17. The summed E-state index contributed by atoms with van der Waals surface area (Å²) >= 11 is 12.3. The van der Waals surface area contributed by atoms with Crippen LogP contribution >= 0.6 is 23.2 Å². The lowest BCUT2D eigenvalue weighted by atomic mass is 9.72. The van der Waals surface area contributed by atoms with Crippen molar-refractivity contribution in [3.63, 3.8) is 0 Å². The zero-order valence-electron chi connectivity index (χ0n) is 13.5. The molecule has 6 heteroatoms. The molecule has 1 aromatic heterocycles. The Morgan fingerprint density at radius 3 is 2.61 bits per heavy atom. The van der Waals surface area contributed by atoms with Gasteiger partial charge in [-0.3, -0.25) is 4.68 Å². The molecule has 124 valence electrons. The lowest BCUT2D eigenvalue weighted by Crippen LogP contribution is -2.49. The highest BCUT2D eigenvalue weighted by atomic mass is 35.5. The summed E-state index contributed by atoms with van der Waals surface area (Å²) in [4.78, 5) is 3.97. The first-order chi connectivity index (χ1) is 10.7. The van der Waals surface area contributed by atoms with Gasteiger partial charge in [0.05, 0.1) is 12.1 Å². The first-order valence-corrected chi connectivity index (χ1v) is 8.48. The molecular formula is C17H21Cl2N3O. The van der Waals surface area contributed by atoms with Crippen molar-refractivity contribution in [1.29, 1.82) is 0 Å². The van der Waals surface area contributed by atoms with E-state index >= 15 is 0 Å². The van der Waals surface area contributed by atoms with Gasteiger partial charge < -0.3 is 5.11 Å². The Balaban J connectivity index is 1.88. The Morgan fingerprint density at radius 2 is 2.04 bits per heavy atom. The SMILES string of the molecule is CC(C)(C)C(O)(Cn1cncn1)C1CC1c1ccc(Cl)cc1Cl. The molecule has 0 amide bonds. The van der Waals surface area contributed by atoms with Gasteiger partial charge in [-0.2, -0.15) is 5.10 Å². The van der Waals surface area contributed by atoms with E-state index in [-0.39, 0.29) is 17.3 Å². The van der Waals surface area contributed by atoms with Crippen molar-refractivity contribution >= 4 is 23.2 Å². The van der Waals surface area contributed by atoms with E-state index in [1.54, 1.807) is 17.1 Å². The molecule has 3 atom stereocenters. The maximum absolute atomic E-state index is 11.5. The van der Waals surface area contributed by atoms with E-state index in [0.29, 0.717) is 16.6 Å². The van der Waals surface area contributed by atoms with Gasteiger partial charge in [-0.25, -0.2) is 4.98 Å². The summed E-state index contributed by atoms with van der Waals surface area (Å²) in [5.41, 5.74) is -0.131. The maximum atomic E-state index is 11.5. The molecule has 0 aliphatic heterocycles. The van der Waals surface area contributed by atoms with E-state index in [2.05, 4.69) is 30.9 Å². The van der Waals surface area contributed by atoms with E-state index in [1.165, 1.54) is 6.33 Å². The van der Waals surface area contributed by atoms with Gasteiger partial charge in [-0.1, -0.05) is 50.0 Å². The fourth-order valence-electron chi connectivity index (χ4n) is 3.34. The molecule has 1 heterocycles. The van der Waals surface area contributed by atoms with Crippen LogP contribution < -0.4 is 0 Å². The molecule has 3 unspecified atom stereocenters. The summed E-state index contributed by atoms with van der Waals surface area (Å²) in [6.45, 7) is 6.59. The molecule has 2 aromatic rings. The van der Waals surface area contributed by atoms with Crippen LogP contribution in [0.15, 0.2) is 30.9 Å². The van der Waals surface area contributed by atoms with Gasteiger partial charge in [0.2, 0.25) is 0 Å². The molecule has 1 aliphatic carbocycles. The Bertz CT molecular complexity index is 696.